The summed E-state index contributed by atoms with van der Waals surface area (Å²) in [6, 6.07) is 14.2. The van der Waals surface area contributed by atoms with Gasteiger partial charge in [-0.1, -0.05) is 18.5 Å². The minimum absolute atomic E-state index is 0.0166. The average molecular weight is 608 g/mol. The number of ether oxygens (including phenoxy) is 2. The summed E-state index contributed by atoms with van der Waals surface area (Å²) in [5.41, 5.74) is 0.469. The van der Waals surface area contributed by atoms with E-state index in [2.05, 4.69) is 17.0 Å². The van der Waals surface area contributed by atoms with Crippen LogP contribution in [0.3, 0.4) is 0 Å². The third kappa shape index (κ3) is 6.52. The van der Waals surface area contributed by atoms with Crippen molar-refractivity contribution in [1.82, 2.24) is 4.31 Å². The van der Waals surface area contributed by atoms with E-state index in [1.54, 1.807) is 12.1 Å². The third-order valence-corrected chi connectivity index (χ3v) is 10.2. The van der Waals surface area contributed by atoms with Crippen LogP contribution in [0.2, 0.25) is 5.02 Å². The van der Waals surface area contributed by atoms with E-state index in [9.17, 15) is 21.6 Å². The van der Waals surface area contributed by atoms with Crippen LogP contribution < -0.4 is 19.5 Å². The molecule has 0 spiro atoms. The zero-order chi connectivity index (χ0) is 29.1. The smallest absolute Gasteiger partial charge is 0.262 e. The number of hydrogen-bond donors (Lipinski definition) is 2. The highest BCUT2D eigenvalue weighted by Crippen LogP contribution is 2.31. The van der Waals surface area contributed by atoms with Crippen molar-refractivity contribution in [3.63, 3.8) is 0 Å². The van der Waals surface area contributed by atoms with E-state index in [1.807, 2.05) is 0 Å². The maximum absolute atomic E-state index is 13.2. The van der Waals surface area contributed by atoms with Gasteiger partial charge in [0.1, 0.15) is 11.5 Å². The van der Waals surface area contributed by atoms with Gasteiger partial charge in [-0.2, -0.15) is 4.31 Å². The first-order valence-electron chi connectivity index (χ1n) is 12.4. The Morgan fingerprint density at radius 1 is 0.900 bits per heavy atom. The molecule has 4 rings (SSSR count). The molecule has 10 nitrogen and oxygen atoms in total. The number of halogens is 1. The van der Waals surface area contributed by atoms with Crippen LogP contribution in [0.25, 0.3) is 0 Å². The topological polar surface area (TPSA) is 131 Å². The predicted molar refractivity (Wildman–Crippen MR) is 153 cm³/mol. The number of piperidine rings is 1. The lowest BCUT2D eigenvalue weighted by Crippen LogP contribution is -2.37. The van der Waals surface area contributed by atoms with Gasteiger partial charge in [0.25, 0.3) is 15.9 Å². The summed E-state index contributed by atoms with van der Waals surface area (Å²) in [5.74, 6) is 0.575. The van der Waals surface area contributed by atoms with Crippen molar-refractivity contribution in [3.8, 4) is 11.5 Å². The fourth-order valence-corrected chi connectivity index (χ4v) is 6.99. The number of rotatable bonds is 9. The van der Waals surface area contributed by atoms with Crippen molar-refractivity contribution in [2.45, 2.75) is 29.6 Å². The summed E-state index contributed by atoms with van der Waals surface area (Å²) in [5, 5.41) is 2.72. The second-order valence-electron chi connectivity index (χ2n) is 9.38. The molecule has 2 N–H and O–H groups in total. The summed E-state index contributed by atoms with van der Waals surface area (Å²) < 4.78 is 66.5. The zero-order valence-electron chi connectivity index (χ0n) is 22.2. The molecule has 1 aliphatic heterocycles. The highest BCUT2D eigenvalue weighted by molar-refractivity contribution is 7.92. The molecule has 1 fully saturated rings. The summed E-state index contributed by atoms with van der Waals surface area (Å²) in [6.07, 6.45) is 1.54. The fraction of sp³-hybridized carbons (Fsp3) is 0.296. The molecule has 0 saturated carbocycles. The zero-order valence-corrected chi connectivity index (χ0v) is 24.6. The van der Waals surface area contributed by atoms with Crippen LogP contribution in [0, 0.1) is 5.92 Å². The largest absolute Gasteiger partial charge is 0.497 e. The molecule has 1 heterocycles. The number of amides is 1. The number of benzene rings is 3. The van der Waals surface area contributed by atoms with Gasteiger partial charge in [-0.05, 0) is 73.4 Å². The highest BCUT2D eigenvalue weighted by Gasteiger charge is 2.29. The van der Waals surface area contributed by atoms with E-state index in [0.717, 1.165) is 12.8 Å². The maximum Gasteiger partial charge on any atom is 0.262 e. The lowest BCUT2D eigenvalue weighted by atomic mass is 10.0. The van der Waals surface area contributed by atoms with Crippen LogP contribution in [-0.4, -0.2) is 54.4 Å². The van der Waals surface area contributed by atoms with Gasteiger partial charge in [0, 0.05) is 24.8 Å². The van der Waals surface area contributed by atoms with E-state index in [1.165, 1.54) is 67.1 Å². The number of hydrogen-bond acceptors (Lipinski definition) is 7. The lowest BCUT2D eigenvalue weighted by molar-refractivity contribution is 0.102. The number of carbonyl (C=O) groups excluding carboxylic acids is 1. The van der Waals surface area contributed by atoms with Gasteiger partial charge < -0.3 is 14.8 Å². The first-order valence-corrected chi connectivity index (χ1v) is 15.7. The first kappa shape index (κ1) is 29.7. The Labute approximate surface area is 239 Å². The molecule has 0 unspecified atom stereocenters. The number of nitrogens with one attached hydrogen (secondary N) is 2. The Morgan fingerprint density at radius 3 is 2.17 bits per heavy atom. The molecular formula is C27H30ClN3O7S2. The van der Waals surface area contributed by atoms with Crippen LogP contribution in [0.1, 0.15) is 30.1 Å². The van der Waals surface area contributed by atoms with Gasteiger partial charge in [-0.15, -0.1) is 0 Å². The van der Waals surface area contributed by atoms with Gasteiger partial charge >= 0.3 is 0 Å². The van der Waals surface area contributed by atoms with Crippen molar-refractivity contribution >= 4 is 48.9 Å². The molecule has 0 aliphatic carbocycles. The SMILES string of the molecule is COc1ccc(OC)c(NS(=O)(=O)c2ccc(NC(=O)c3cc(S(=O)(=O)N4CCC(C)CC4)ccc3Cl)cc2)c1. The monoisotopic (exact) mass is 607 g/mol. The fourth-order valence-electron chi connectivity index (χ4n) is 4.23. The van der Waals surface area contributed by atoms with Crippen molar-refractivity contribution < 1.29 is 31.1 Å². The molecule has 13 heteroatoms. The number of nitrogens with zero attached hydrogens (tertiary/aromatic N) is 1. The molecular weight excluding hydrogens is 578 g/mol. The van der Waals surface area contributed by atoms with Crippen LogP contribution in [0.15, 0.2) is 70.5 Å². The molecule has 1 aliphatic rings. The van der Waals surface area contributed by atoms with Gasteiger partial charge in [-0.3, -0.25) is 9.52 Å². The molecule has 40 heavy (non-hydrogen) atoms. The standard InChI is InChI=1S/C27H30ClN3O7S2/c1-18-12-14-31(15-13-18)40(35,36)22-9-10-24(28)23(17-22)27(32)29-19-4-7-21(8-5-19)39(33,34)30-25-16-20(37-2)6-11-26(25)38-3/h4-11,16-18,30H,12-15H2,1-3H3,(H,29,32). The molecule has 0 radical (unpaired) electrons. The Bertz CT molecular complexity index is 1600. The summed E-state index contributed by atoms with van der Waals surface area (Å²) in [7, 11) is -4.90. The molecule has 0 aromatic heterocycles. The average Bonchev–Trinajstić information content (AvgIpc) is 2.93. The molecule has 1 saturated heterocycles. The quantitative estimate of drug-likeness (QED) is 0.356. The molecule has 0 atom stereocenters. The van der Waals surface area contributed by atoms with E-state index >= 15 is 0 Å². The van der Waals surface area contributed by atoms with E-state index in [0.29, 0.717) is 30.5 Å². The number of anilines is 2. The lowest BCUT2D eigenvalue weighted by Gasteiger charge is -2.29. The second-order valence-corrected chi connectivity index (χ2v) is 13.4. The van der Waals surface area contributed by atoms with Gasteiger partial charge in [0.15, 0.2) is 0 Å². The summed E-state index contributed by atoms with van der Waals surface area (Å²) in [6.45, 7) is 2.93. The third-order valence-electron chi connectivity index (χ3n) is 6.64. The Hall–Kier alpha value is -3.32. The van der Waals surface area contributed by atoms with E-state index < -0.39 is 26.0 Å². The van der Waals surface area contributed by atoms with Crippen molar-refractivity contribution in [1.29, 1.82) is 0 Å². The molecule has 3 aromatic carbocycles. The highest BCUT2D eigenvalue weighted by atomic mass is 35.5. The van der Waals surface area contributed by atoms with E-state index in [4.69, 9.17) is 21.1 Å². The van der Waals surface area contributed by atoms with Gasteiger partial charge in [-0.25, -0.2) is 16.8 Å². The van der Waals surface area contributed by atoms with Crippen molar-refractivity contribution in [2.75, 3.05) is 37.3 Å². The van der Waals surface area contributed by atoms with Gasteiger partial charge in [0.05, 0.1) is 40.3 Å². The molecule has 1 amide bonds. The number of carbonyl (C=O) groups is 1. The van der Waals surface area contributed by atoms with Crippen molar-refractivity contribution in [3.05, 3.63) is 71.2 Å². The van der Waals surface area contributed by atoms with Crippen LogP contribution in [0.4, 0.5) is 11.4 Å². The molecule has 3 aromatic rings. The van der Waals surface area contributed by atoms with Crippen LogP contribution in [0.5, 0.6) is 11.5 Å². The number of sulfonamides is 2. The Balaban J connectivity index is 1.50. The summed E-state index contributed by atoms with van der Waals surface area (Å²) in [4.78, 5) is 13.0. The summed E-state index contributed by atoms with van der Waals surface area (Å²) >= 11 is 6.24. The number of methoxy groups -OCH3 is 2. The maximum atomic E-state index is 13.2. The minimum atomic E-state index is -4.00. The predicted octanol–water partition coefficient (Wildman–Crippen LogP) is 4.83. The van der Waals surface area contributed by atoms with Gasteiger partial charge in [0.2, 0.25) is 10.0 Å². The second kappa shape index (κ2) is 12.0. The minimum Gasteiger partial charge on any atom is -0.497 e. The first-order chi connectivity index (χ1) is 18.9. The van der Waals surface area contributed by atoms with Crippen LogP contribution >= 0.6 is 11.6 Å². The normalized spacial score (nSPS) is 14.9. The Morgan fingerprint density at radius 2 is 1.55 bits per heavy atom. The molecule has 0 bridgehead atoms. The molecule has 214 valence electrons. The van der Waals surface area contributed by atoms with Crippen molar-refractivity contribution in [2.24, 2.45) is 5.92 Å². The van der Waals surface area contributed by atoms with E-state index in [-0.39, 0.29) is 31.8 Å². The Kier molecular flexibility index (Phi) is 8.93. The van der Waals surface area contributed by atoms with Crippen LogP contribution in [-0.2, 0) is 20.0 Å².